The molecule has 0 amide bonds. The summed E-state index contributed by atoms with van der Waals surface area (Å²) >= 11 is 0. The van der Waals surface area contributed by atoms with Crippen molar-refractivity contribution in [3.05, 3.63) is 11.1 Å². The second-order valence-corrected chi connectivity index (χ2v) is 2.84. The lowest BCUT2D eigenvalue weighted by Crippen LogP contribution is -2.00. The van der Waals surface area contributed by atoms with Gasteiger partial charge in [-0.05, 0) is 27.7 Å². The molecule has 0 aromatic carbocycles. The van der Waals surface area contributed by atoms with E-state index < -0.39 is 11.9 Å². The van der Waals surface area contributed by atoms with E-state index in [0.717, 1.165) is 0 Å². The second-order valence-electron chi connectivity index (χ2n) is 2.84. The number of Topliss-reactive ketones (excluding diaryl/α,β-unsaturated/α-hetero) is 1. The number of hydrogen-bond donors (Lipinski definition) is 0. The molecule has 0 radical (unpaired) electrons. The van der Waals surface area contributed by atoms with E-state index in [1.807, 2.05) is 0 Å². The Morgan fingerprint density at radius 3 is 1.31 bits per heavy atom. The number of rotatable bonds is 0. The maximum Gasteiger partial charge on any atom is 0.342 e. The molecule has 0 atom stereocenters. The molecule has 0 aromatic heterocycles. The zero-order chi connectivity index (χ0) is 10.6. The Kier molecular flexibility index (Phi) is 4.04. The average Bonchev–Trinajstić information content (AvgIpc) is 2.17. The number of ether oxygens (including phenoxy) is 1. The van der Waals surface area contributed by atoms with Crippen LogP contribution in [0, 0.1) is 0 Å². The number of carbonyl (C=O) groups is 3. The van der Waals surface area contributed by atoms with Crippen LogP contribution in [0.15, 0.2) is 11.1 Å². The van der Waals surface area contributed by atoms with Crippen LogP contribution in [0.25, 0.3) is 0 Å². The Labute approximate surface area is 76.6 Å². The highest BCUT2D eigenvalue weighted by molar-refractivity contribution is 6.11. The van der Waals surface area contributed by atoms with Crippen LogP contribution in [0.2, 0.25) is 0 Å². The van der Waals surface area contributed by atoms with E-state index in [4.69, 9.17) is 0 Å². The van der Waals surface area contributed by atoms with Gasteiger partial charge in [-0.2, -0.15) is 0 Å². The van der Waals surface area contributed by atoms with Crippen molar-refractivity contribution >= 4 is 17.7 Å². The second kappa shape index (κ2) is 4.54. The zero-order valence-electron chi connectivity index (χ0n) is 8.13. The van der Waals surface area contributed by atoms with Crippen molar-refractivity contribution in [2.24, 2.45) is 0 Å². The summed E-state index contributed by atoms with van der Waals surface area (Å²) in [7, 11) is 0. The van der Waals surface area contributed by atoms with E-state index >= 15 is 0 Å². The third kappa shape index (κ3) is 3.64. The van der Waals surface area contributed by atoms with Gasteiger partial charge < -0.3 is 9.53 Å². The number of esters is 2. The summed E-state index contributed by atoms with van der Waals surface area (Å²) in [6.45, 7) is 6.20. The van der Waals surface area contributed by atoms with E-state index in [1.165, 1.54) is 13.8 Å². The molecule has 0 unspecified atom stereocenters. The first kappa shape index (κ1) is 11.6. The molecule has 1 rings (SSSR count). The van der Waals surface area contributed by atoms with Crippen molar-refractivity contribution in [1.82, 2.24) is 0 Å². The van der Waals surface area contributed by atoms with Crippen molar-refractivity contribution in [1.29, 1.82) is 0 Å². The van der Waals surface area contributed by atoms with E-state index in [1.54, 1.807) is 13.8 Å². The smallest absolute Gasteiger partial charge is 0.342 e. The van der Waals surface area contributed by atoms with Crippen molar-refractivity contribution in [2.45, 2.75) is 27.7 Å². The van der Waals surface area contributed by atoms with Gasteiger partial charge in [0.25, 0.3) is 0 Å². The maximum absolute atomic E-state index is 10.5. The summed E-state index contributed by atoms with van der Waals surface area (Å²) in [4.78, 5) is 30.4. The number of hydrogen-bond acceptors (Lipinski definition) is 4. The number of cyclic esters (lactones) is 2. The van der Waals surface area contributed by atoms with Gasteiger partial charge in [-0.3, -0.25) is 0 Å². The van der Waals surface area contributed by atoms with Crippen LogP contribution < -0.4 is 0 Å². The third-order valence-electron chi connectivity index (χ3n) is 1.36. The Morgan fingerprint density at radius 2 is 1.23 bits per heavy atom. The zero-order valence-corrected chi connectivity index (χ0v) is 8.13. The topological polar surface area (TPSA) is 60.4 Å². The first-order chi connectivity index (χ1) is 5.86. The quantitative estimate of drug-likeness (QED) is 0.416. The SMILES string of the molecule is CC(C)=O.CC1=C(C)C(=O)OC1=O. The van der Waals surface area contributed by atoms with Gasteiger partial charge in [-0.1, -0.05) is 0 Å². The van der Waals surface area contributed by atoms with Gasteiger partial charge in [0.15, 0.2) is 0 Å². The van der Waals surface area contributed by atoms with Crippen LogP contribution in [0.1, 0.15) is 27.7 Å². The predicted molar refractivity (Wildman–Crippen MR) is 45.8 cm³/mol. The summed E-state index contributed by atoms with van der Waals surface area (Å²) in [6, 6.07) is 0. The summed E-state index contributed by atoms with van der Waals surface area (Å²) in [5, 5.41) is 0. The molecule has 72 valence electrons. The molecular formula is C9H12O4. The lowest BCUT2D eigenvalue weighted by molar-refractivity contribution is -0.151. The molecule has 1 heterocycles. The van der Waals surface area contributed by atoms with E-state index in [-0.39, 0.29) is 5.78 Å². The molecule has 0 bridgehead atoms. The van der Waals surface area contributed by atoms with E-state index in [9.17, 15) is 14.4 Å². The van der Waals surface area contributed by atoms with Crippen LogP contribution >= 0.6 is 0 Å². The van der Waals surface area contributed by atoms with Crippen molar-refractivity contribution in [3.63, 3.8) is 0 Å². The Hall–Kier alpha value is -1.45. The summed E-state index contributed by atoms with van der Waals surface area (Å²) in [5.74, 6) is -0.866. The van der Waals surface area contributed by atoms with E-state index in [2.05, 4.69) is 4.74 Å². The molecule has 4 nitrogen and oxygen atoms in total. The monoisotopic (exact) mass is 184 g/mol. The Balaban J connectivity index is 0.000000310. The molecule has 1 aliphatic rings. The summed E-state index contributed by atoms with van der Waals surface area (Å²) in [6.07, 6.45) is 0. The summed E-state index contributed by atoms with van der Waals surface area (Å²) < 4.78 is 4.23. The number of carbonyl (C=O) groups excluding carboxylic acids is 3. The minimum absolute atomic E-state index is 0.167. The molecule has 0 saturated carbocycles. The van der Waals surface area contributed by atoms with Gasteiger partial charge in [-0.15, -0.1) is 0 Å². The first-order valence-electron chi connectivity index (χ1n) is 3.77. The molecule has 1 aliphatic heterocycles. The fourth-order valence-electron chi connectivity index (χ4n) is 0.543. The van der Waals surface area contributed by atoms with Gasteiger partial charge in [0, 0.05) is 11.1 Å². The van der Waals surface area contributed by atoms with Crippen molar-refractivity contribution < 1.29 is 19.1 Å². The van der Waals surface area contributed by atoms with Crippen molar-refractivity contribution in [3.8, 4) is 0 Å². The Bertz CT molecular complexity index is 260. The molecule has 0 spiro atoms. The minimum atomic E-state index is -0.516. The highest BCUT2D eigenvalue weighted by Crippen LogP contribution is 2.14. The molecule has 0 fully saturated rings. The van der Waals surface area contributed by atoms with Gasteiger partial charge >= 0.3 is 11.9 Å². The molecular weight excluding hydrogens is 172 g/mol. The highest BCUT2D eigenvalue weighted by atomic mass is 16.6. The average molecular weight is 184 g/mol. The third-order valence-corrected chi connectivity index (χ3v) is 1.36. The van der Waals surface area contributed by atoms with Crippen LogP contribution in [-0.4, -0.2) is 17.7 Å². The van der Waals surface area contributed by atoms with Gasteiger partial charge in [0.1, 0.15) is 5.78 Å². The van der Waals surface area contributed by atoms with Crippen molar-refractivity contribution in [2.75, 3.05) is 0 Å². The standard InChI is InChI=1S/C6H6O3.C3H6O/c1-3-4(2)6(8)9-5(3)7;1-3(2)4/h1-2H3;1-2H3. The molecule has 0 saturated heterocycles. The first-order valence-corrected chi connectivity index (χ1v) is 3.77. The van der Waals surface area contributed by atoms with Crippen LogP contribution in [-0.2, 0) is 19.1 Å². The molecule has 0 aromatic rings. The molecule has 4 heteroatoms. The Morgan fingerprint density at radius 1 is 1.00 bits per heavy atom. The predicted octanol–water partition coefficient (Wildman–Crippen LogP) is 1.00. The fourth-order valence-corrected chi connectivity index (χ4v) is 0.543. The van der Waals surface area contributed by atoms with E-state index in [0.29, 0.717) is 11.1 Å². The van der Waals surface area contributed by atoms with Gasteiger partial charge in [0.05, 0.1) is 0 Å². The summed E-state index contributed by atoms with van der Waals surface area (Å²) in [5.41, 5.74) is 0.833. The minimum Gasteiger partial charge on any atom is -0.386 e. The maximum atomic E-state index is 10.5. The van der Waals surface area contributed by atoms with Crippen LogP contribution in [0.5, 0.6) is 0 Å². The van der Waals surface area contributed by atoms with Gasteiger partial charge in [-0.25, -0.2) is 9.59 Å². The van der Waals surface area contributed by atoms with Gasteiger partial charge in [0.2, 0.25) is 0 Å². The normalized spacial score (nSPS) is 15.1. The molecule has 13 heavy (non-hydrogen) atoms. The molecule has 0 N–H and O–H groups in total. The fraction of sp³-hybridized carbons (Fsp3) is 0.444. The lowest BCUT2D eigenvalue weighted by Gasteiger charge is -1.84. The van der Waals surface area contributed by atoms with Crippen LogP contribution in [0.4, 0.5) is 0 Å². The lowest BCUT2D eigenvalue weighted by atomic mass is 10.2. The molecule has 0 aliphatic carbocycles. The van der Waals surface area contributed by atoms with Crippen LogP contribution in [0.3, 0.4) is 0 Å². The highest BCUT2D eigenvalue weighted by Gasteiger charge is 2.25. The largest absolute Gasteiger partial charge is 0.386 e. The number of ketones is 1.